The quantitative estimate of drug-likeness (QED) is 0.460. The molecule has 2 amide bonds. The monoisotopic (exact) mass is 311 g/mol. The van der Waals surface area contributed by atoms with E-state index in [1.165, 1.54) is 18.3 Å². The Labute approximate surface area is 133 Å². The first kappa shape index (κ1) is 16.2. The molecule has 2 aromatic rings. The van der Waals surface area contributed by atoms with Gasteiger partial charge in [-0.05, 0) is 54.8 Å². The van der Waals surface area contributed by atoms with Crippen molar-refractivity contribution in [2.45, 2.75) is 13.8 Å². The van der Waals surface area contributed by atoms with Crippen molar-refractivity contribution in [1.29, 1.82) is 0 Å². The Hall–Kier alpha value is -3.15. The van der Waals surface area contributed by atoms with E-state index in [1.54, 1.807) is 24.3 Å². The molecule has 0 heterocycles. The van der Waals surface area contributed by atoms with Crippen LogP contribution in [0.4, 0.5) is 5.69 Å². The van der Waals surface area contributed by atoms with Gasteiger partial charge in [0.25, 0.3) is 0 Å². The molecule has 0 aliphatic rings. The van der Waals surface area contributed by atoms with Crippen LogP contribution < -0.4 is 10.7 Å². The highest BCUT2D eigenvalue weighted by Crippen LogP contribution is 2.14. The molecule has 118 valence electrons. The van der Waals surface area contributed by atoms with E-state index < -0.39 is 11.8 Å². The van der Waals surface area contributed by atoms with Gasteiger partial charge < -0.3 is 10.4 Å². The number of carbonyl (C=O) groups is 2. The van der Waals surface area contributed by atoms with E-state index in [1.807, 2.05) is 19.9 Å². The Morgan fingerprint density at radius 1 is 1.04 bits per heavy atom. The van der Waals surface area contributed by atoms with Gasteiger partial charge in [0.1, 0.15) is 5.75 Å². The van der Waals surface area contributed by atoms with E-state index in [4.69, 9.17) is 0 Å². The van der Waals surface area contributed by atoms with Crippen molar-refractivity contribution in [3.8, 4) is 5.75 Å². The summed E-state index contributed by atoms with van der Waals surface area (Å²) < 4.78 is 0. The van der Waals surface area contributed by atoms with E-state index in [2.05, 4.69) is 15.8 Å². The van der Waals surface area contributed by atoms with Gasteiger partial charge in [-0.25, -0.2) is 5.43 Å². The van der Waals surface area contributed by atoms with Gasteiger partial charge in [0.15, 0.2) is 0 Å². The van der Waals surface area contributed by atoms with Crippen molar-refractivity contribution in [2.75, 3.05) is 5.32 Å². The average Bonchev–Trinajstić information content (AvgIpc) is 2.51. The summed E-state index contributed by atoms with van der Waals surface area (Å²) in [6, 6.07) is 11.7. The number of phenols is 1. The summed E-state index contributed by atoms with van der Waals surface area (Å²) in [4.78, 5) is 23.4. The maximum atomic E-state index is 11.8. The van der Waals surface area contributed by atoms with Crippen molar-refractivity contribution in [1.82, 2.24) is 5.43 Å². The topological polar surface area (TPSA) is 90.8 Å². The standard InChI is InChI=1S/C17H17N3O3/c1-11-6-7-14(8-12(11)2)19-16(22)17(23)20-18-10-13-4-3-5-15(21)9-13/h3-10,21H,1-2H3,(H,19,22)(H,20,23)/b18-10+. The van der Waals surface area contributed by atoms with E-state index in [0.29, 0.717) is 11.3 Å². The third kappa shape index (κ3) is 4.67. The van der Waals surface area contributed by atoms with Crippen LogP contribution in [0.5, 0.6) is 5.75 Å². The molecule has 0 radical (unpaired) electrons. The number of nitrogens with one attached hydrogen (secondary N) is 2. The molecule has 2 rings (SSSR count). The molecule has 0 aliphatic carbocycles. The lowest BCUT2D eigenvalue weighted by atomic mass is 10.1. The van der Waals surface area contributed by atoms with Crippen LogP contribution in [0.2, 0.25) is 0 Å². The van der Waals surface area contributed by atoms with Crippen LogP contribution in [0.3, 0.4) is 0 Å². The van der Waals surface area contributed by atoms with Crippen molar-refractivity contribution < 1.29 is 14.7 Å². The summed E-state index contributed by atoms with van der Waals surface area (Å²) in [7, 11) is 0. The molecular weight excluding hydrogens is 294 g/mol. The van der Waals surface area contributed by atoms with E-state index in [9.17, 15) is 14.7 Å². The molecular formula is C17H17N3O3. The molecule has 0 unspecified atom stereocenters. The molecule has 0 aromatic heterocycles. The Bertz CT molecular complexity index is 769. The highest BCUT2D eigenvalue weighted by atomic mass is 16.3. The summed E-state index contributed by atoms with van der Waals surface area (Å²) >= 11 is 0. The maximum Gasteiger partial charge on any atom is 0.329 e. The maximum absolute atomic E-state index is 11.8. The predicted octanol–water partition coefficient (Wildman–Crippen LogP) is 2.10. The number of aromatic hydroxyl groups is 1. The lowest BCUT2D eigenvalue weighted by Gasteiger charge is -2.06. The molecule has 0 atom stereocenters. The number of hydrazone groups is 1. The van der Waals surface area contributed by atoms with Crippen LogP contribution in [0.15, 0.2) is 47.6 Å². The molecule has 23 heavy (non-hydrogen) atoms. The largest absolute Gasteiger partial charge is 0.508 e. The second-order valence-corrected chi connectivity index (χ2v) is 5.05. The Kier molecular flexibility index (Phi) is 5.09. The van der Waals surface area contributed by atoms with Crippen LogP contribution in [0.25, 0.3) is 0 Å². The molecule has 0 saturated carbocycles. The number of aryl methyl sites for hydroxylation is 2. The van der Waals surface area contributed by atoms with Crippen molar-refractivity contribution in [3.63, 3.8) is 0 Å². The smallest absolute Gasteiger partial charge is 0.329 e. The van der Waals surface area contributed by atoms with Crippen LogP contribution >= 0.6 is 0 Å². The second kappa shape index (κ2) is 7.22. The molecule has 0 saturated heterocycles. The molecule has 6 nitrogen and oxygen atoms in total. The Balaban J connectivity index is 1.92. The normalized spacial score (nSPS) is 10.5. The van der Waals surface area contributed by atoms with Gasteiger partial charge in [-0.3, -0.25) is 9.59 Å². The number of hydrogen-bond donors (Lipinski definition) is 3. The number of hydrogen-bond acceptors (Lipinski definition) is 4. The third-order valence-corrected chi connectivity index (χ3v) is 3.22. The second-order valence-electron chi connectivity index (χ2n) is 5.05. The number of amides is 2. The minimum absolute atomic E-state index is 0.0905. The van der Waals surface area contributed by atoms with Gasteiger partial charge in [0.05, 0.1) is 6.21 Å². The minimum atomic E-state index is -0.875. The molecule has 2 aromatic carbocycles. The fourth-order valence-corrected chi connectivity index (χ4v) is 1.83. The highest BCUT2D eigenvalue weighted by molar-refractivity contribution is 6.39. The van der Waals surface area contributed by atoms with Gasteiger partial charge in [0, 0.05) is 5.69 Å². The SMILES string of the molecule is Cc1ccc(NC(=O)C(=O)N/N=C/c2cccc(O)c2)cc1C. The van der Waals surface area contributed by atoms with Crippen LogP contribution in [-0.4, -0.2) is 23.1 Å². The summed E-state index contributed by atoms with van der Waals surface area (Å²) in [5.74, 6) is -1.59. The zero-order chi connectivity index (χ0) is 16.8. The van der Waals surface area contributed by atoms with Crippen LogP contribution in [-0.2, 0) is 9.59 Å². The van der Waals surface area contributed by atoms with Gasteiger partial charge >= 0.3 is 11.8 Å². The number of rotatable bonds is 3. The Morgan fingerprint density at radius 3 is 2.52 bits per heavy atom. The summed E-state index contributed by atoms with van der Waals surface area (Å²) in [6.07, 6.45) is 1.33. The predicted molar refractivity (Wildman–Crippen MR) is 88.4 cm³/mol. The molecule has 6 heteroatoms. The van der Waals surface area contributed by atoms with Gasteiger partial charge in [0.2, 0.25) is 0 Å². The Morgan fingerprint density at radius 2 is 1.83 bits per heavy atom. The zero-order valence-electron chi connectivity index (χ0n) is 12.8. The number of nitrogens with zero attached hydrogens (tertiary/aromatic N) is 1. The van der Waals surface area contributed by atoms with E-state index in [0.717, 1.165) is 11.1 Å². The zero-order valence-corrected chi connectivity index (χ0v) is 12.8. The third-order valence-electron chi connectivity index (χ3n) is 3.22. The lowest BCUT2D eigenvalue weighted by Crippen LogP contribution is -2.32. The molecule has 0 bridgehead atoms. The van der Waals surface area contributed by atoms with Crippen molar-refractivity contribution in [3.05, 3.63) is 59.2 Å². The fraction of sp³-hybridized carbons (Fsp3) is 0.118. The van der Waals surface area contributed by atoms with Gasteiger partial charge in [-0.1, -0.05) is 18.2 Å². The van der Waals surface area contributed by atoms with E-state index >= 15 is 0 Å². The summed E-state index contributed by atoms with van der Waals surface area (Å²) in [5.41, 5.74) is 5.40. The van der Waals surface area contributed by atoms with Gasteiger partial charge in [-0.2, -0.15) is 5.10 Å². The average molecular weight is 311 g/mol. The number of carbonyl (C=O) groups excluding carboxylic acids is 2. The first-order valence-electron chi connectivity index (χ1n) is 6.96. The summed E-state index contributed by atoms with van der Waals surface area (Å²) in [5, 5.41) is 15.5. The number of phenolic OH excluding ortho intramolecular Hbond substituents is 1. The molecule has 0 aliphatic heterocycles. The first-order chi connectivity index (χ1) is 11.0. The highest BCUT2D eigenvalue weighted by Gasteiger charge is 2.12. The van der Waals surface area contributed by atoms with Crippen molar-refractivity contribution >= 4 is 23.7 Å². The molecule has 0 fully saturated rings. The fourth-order valence-electron chi connectivity index (χ4n) is 1.83. The van der Waals surface area contributed by atoms with Crippen molar-refractivity contribution in [2.24, 2.45) is 5.10 Å². The lowest BCUT2D eigenvalue weighted by molar-refractivity contribution is -0.136. The molecule has 3 N–H and O–H groups in total. The van der Waals surface area contributed by atoms with Crippen LogP contribution in [0, 0.1) is 13.8 Å². The first-order valence-corrected chi connectivity index (χ1v) is 6.96. The number of anilines is 1. The molecule has 0 spiro atoms. The van der Waals surface area contributed by atoms with Gasteiger partial charge in [-0.15, -0.1) is 0 Å². The van der Waals surface area contributed by atoms with Crippen LogP contribution in [0.1, 0.15) is 16.7 Å². The number of benzene rings is 2. The van der Waals surface area contributed by atoms with E-state index in [-0.39, 0.29) is 5.75 Å². The summed E-state index contributed by atoms with van der Waals surface area (Å²) in [6.45, 7) is 3.88. The minimum Gasteiger partial charge on any atom is -0.508 e.